The first kappa shape index (κ1) is 24.3. The van der Waals surface area contributed by atoms with E-state index >= 15 is 0 Å². The number of nitrogens with one attached hydrogen (secondary N) is 2. The number of aromatic nitrogens is 3. The number of carbonyl (C=O) groups excluding carboxylic acids is 1. The largest absolute Gasteiger partial charge is 0.495 e. The predicted octanol–water partition coefficient (Wildman–Crippen LogP) is 3.95. The molecule has 5 rings (SSSR count). The summed E-state index contributed by atoms with van der Waals surface area (Å²) in [4.78, 5) is 37.3. The van der Waals surface area contributed by atoms with Crippen molar-refractivity contribution in [1.82, 2.24) is 19.9 Å². The molecule has 0 radical (unpaired) electrons. The minimum atomic E-state index is -0.279. The van der Waals surface area contributed by atoms with Crippen molar-refractivity contribution in [2.75, 3.05) is 30.4 Å². The summed E-state index contributed by atoms with van der Waals surface area (Å²) in [5, 5.41) is 5.89. The highest BCUT2D eigenvalue weighted by atomic mass is 16.5. The molecule has 0 spiro atoms. The highest BCUT2D eigenvalue weighted by Crippen LogP contribution is 2.23. The van der Waals surface area contributed by atoms with Gasteiger partial charge in [0.1, 0.15) is 11.3 Å². The third-order valence-electron chi connectivity index (χ3n) is 6.63. The molecule has 3 heterocycles. The van der Waals surface area contributed by atoms with E-state index in [4.69, 9.17) is 9.72 Å². The van der Waals surface area contributed by atoms with Gasteiger partial charge in [0.25, 0.3) is 5.56 Å². The quantitative estimate of drug-likeness (QED) is 0.418. The van der Waals surface area contributed by atoms with E-state index in [2.05, 4.69) is 15.6 Å². The molecule has 2 aromatic heterocycles. The van der Waals surface area contributed by atoms with E-state index < -0.39 is 0 Å². The molecule has 0 bridgehead atoms. The normalized spacial score (nSPS) is 13.9. The van der Waals surface area contributed by atoms with Gasteiger partial charge in [-0.15, -0.1) is 0 Å². The molecule has 190 valence electrons. The number of rotatable bonds is 6. The lowest BCUT2D eigenvalue weighted by Gasteiger charge is -2.33. The number of methoxy groups -OCH3 is 1. The van der Waals surface area contributed by atoms with Crippen LogP contribution >= 0.6 is 0 Å². The molecule has 1 aliphatic rings. The summed E-state index contributed by atoms with van der Waals surface area (Å²) in [6, 6.07) is 18.9. The van der Waals surface area contributed by atoms with Crippen molar-refractivity contribution in [1.29, 1.82) is 0 Å². The van der Waals surface area contributed by atoms with Crippen LogP contribution in [0.1, 0.15) is 24.0 Å². The molecule has 0 unspecified atom stereocenters. The van der Waals surface area contributed by atoms with Gasteiger partial charge < -0.3 is 20.3 Å². The minimum absolute atomic E-state index is 0.0112. The van der Waals surface area contributed by atoms with Gasteiger partial charge in [-0.1, -0.05) is 42.0 Å². The number of fused-ring (bicyclic) bond motifs is 1. The summed E-state index contributed by atoms with van der Waals surface area (Å²) in [6.45, 7) is 3.68. The molecule has 0 saturated carbocycles. The van der Waals surface area contributed by atoms with Crippen LogP contribution in [0, 0.1) is 6.92 Å². The van der Waals surface area contributed by atoms with Crippen LogP contribution in [-0.4, -0.2) is 46.8 Å². The van der Waals surface area contributed by atoms with Crippen LogP contribution in [0.5, 0.6) is 5.75 Å². The fourth-order valence-corrected chi connectivity index (χ4v) is 4.62. The SMILES string of the molecule is COc1ccccc1NC(=O)NC1CCN(c2nc3cccnc3n(Cc3ccc(C)cc3)c2=O)CC1. The Bertz CT molecular complexity index is 1460. The van der Waals surface area contributed by atoms with Gasteiger partial charge in [-0.3, -0.25) is 9.36 Å². The Balaban J connectivity index is 1.30. The average molecular weight is 499 g/mol. The van der Waals surface area contributed by atoms with Crippen LogP contribution in [0.25, 0.3) is 11.2 Å². The number of benzene rings is 2. The third kappa shape index (κ3) is 5.40. The Morgan fingerprint density at radius 2 is 1.81 bits per heavy atom. The highest BCUT2D eigenvalue weighted by molar-refractivity contribution is 5.91. The summed E-state index contributed by atoms with van der Waals surface area (Å²) >= 11 is 0. The number of anilines is 2. The van der Waals surface area contributed by atoms with E-state index in [1.165, 1.54) is 5.56 Å². The van der Waals surface area contributed by atoms with E-state index in [1.807, 2.05) is 60.4 Å². The lowest BCUT2D eigenvalue weighted by Crippen LogP contribution is -2.47. The number of piperidine rings is 1. The number of nitrogens with zero attached hydrogens (tertiary/aromatic N) is 4. The van der Waals surface area contributed by atoms with Gasteiger partial charge in [-0.2, -0.15) is 0 Å². The summed E-state index contributed by atoms with van der Waals surface area (Å²) in [6.07, 6.45) is 3.08. The zero-order chi connectivity index (χ0) is 25.8. The number of para-hydroxylation sites is 2. The smallest absolute Gasteiger partial charge is 0.319 e. The predicted molar refractivity (Wildman–Crippen MR) is 144 cm³/mol. The molecular weight excluding hydrogens is 468 g/mol. The van der Waals surface area contributed by atoms with Crippen LogP contribution in [0.3, 0.4) is 0 Å². The van der Waals surface area contributed by atoms with E-state index in [0.717, 1.165) is 5.56 Å². The van der Waals surface area contributed by atoms with Gasteiger partial charge in [0.2, 0.25) is 0 Å². The maximum atomic E-state index is 13.6. The molecule has 0 atom stereocenters. The van der Waals surface area contributed by atoms with E-state index in [9.17, 15) is 9.59 Å². The first-order chi connectivity index (χ1) is 18.0. The second-order valence-electron chi connectivity index (χ2n) is 9.22. The van der Waals surface area contributed by atoms with Gasteiger partial charge >= 0.3 is 6.03 Å². The van der Waals surface area contributed by atoms with Gasteiger partial charge in [0, 0.05) is 25.3 Å². The lowest BCUT2D eigenvalue weighted by atomic mass is 10.1. The molecule has 4 aromatic rings. The van der Waals surface area contributed by atoms with Crippen LogP contribution in [0.15, 0.2) is 71.7 Å². The van der Waals surface area contributed by atoms with Gasteiger partial charge in [0.15, 0.2) is 11.5 Å². The monoisotopic (exact) mass is 498 g/mol. The molecule has 9 heteroatoms. The summed E-state index contributed by atoms with van der Waals surface area (Å²) in [5.41, 5.74) is 3.90. The third-order valence-corrected chi connectivity index (χ3v) is 6.63. The molecule has 2 amide bonds. The Morgan fingerprint density at radius 1 is 1.05 bits per heavy atom. The number of ether oxygens (including phenoxy) is 1. The molecule has 2 N–H and O–H groups in total. The maximum absolute atomic E-state index is 13.6. The Morgan fingerprint density at radius 3 is 2.57 bits per heavy atom. The van der Waals surface area contributed by atoms with Crippen LogP contribution in [0.4, 0.5) is 16.3 Å². The Hall–Kier alpha value is -4.40. The molecule has 37 heavy (non-hydrogen) atoms. The van der Waals surface area contributed by atoms with Crippen molar-refractivity contribution in [3.05, 3.63) is 88.3 Å². The number of hydrogen-bond donors (Lipinski definition) is 2. The maximum Gasteiger partial charge on any atom is 0.319 e. The van der Waals surface area contributed by atoms with Crippen molar-refractivity contribution in [2.24, 2.45) is 0 Å². The van der Waals surface area contributed by atoms with Crippen molar-refractivity contribution in [2.45, 2.75) is 32.4 Å². The topological polar surface area (TPSA) is 101 Å². The number of amides is 2. The van der Waals surface area contributed by atoms with E-state index in [1.54, 1.807) is 30.0 Å². The first-order valence-electron chi connectivity index (χ1n) is 12.4. The van der Waals surface area contributed by atoms with Gasteiger partial charge in [-0.25, -0.2) is 14.8 Å². The summed E-state index contributed by atoms with van der Waals surface area (Å²) in [7, 11) is 1.57. The molecular formula is C28H30N6O3. The van der Waals surface area contributed by atoms with Crippen molar-refractivity contribution >= 4 is 28.7 Å². The number of carbonyl (C=O) groups is 1. The molecule has 1 saturated heterocycles. The van der Waals surface area contributed by atoms with Gasteiger partial charge in [-0.05, 0) is 49.6 Å². The van der Waals surface area contributed by atoms with E-state index in [0.29, 0.717) is 60.9 Å². The Kier molecular flexibility index (Phi) is 7.02. The number of aryl methyl sites for hydroxylation is 1. The van der Waals surface area contributed by atoms with Crippen LogP contribution < -0.4 is 25.8 Å². The second-order valence-corrected chi connectivity index (χ2v) is 9.22. The number of pyridine rings is 1. The van der Waals surface area contributed by atoms with E-state index in [-0.39, 0.29) is 17.6 Å². The van der Waals surface area contributed by atoms with Gasteiger partial charge in [0.05, 0.1) is 19.3 Å². The van der Waals surface area contributed by atoms with Crippen molar-refractivity contribution < 1.29 is 9.53 Å². The van der Waals surface area contributed by atoms with Crippen LogP contribution in [0.2, 0.25) is 0 Å². The highest BCUT2D eigenvalue weighted by Gasteiger charge is 2.25. The molecule has 1 fully saturated rings. The molecule has 2 aromatic carbocycles. The zero-order valence-electron chi connectivity index (χ0n) is 21.0. The standard InChI is InChI=1S/C28H30N6O3/c1-19-9-11-20(12-10-19)18-34-25-23(7-5-15-29-25)31-26(27(34)35)33-16-13-21(14-17-33)30-28(36)32-22-6-3-4-8-24(22)37-2/h3-12,15,21H,13-14,16-18H2,1-2H3,(H2,30,32,36). The average Bonchev–Trinajstić information content (AvgIpc) is 2.92. The number of hydrogen-bond acceptors (Lipinski definition) is 6. The lowest BCUT2D eigenvalue weighted by molar-refractivity contribution is 0.246. The second kappa shape index (κ2) is 10.7. The molecule has 0 aliphatic carbocycles. The fraction of sp³-hybridized carbons (Fsp3) is 0.286. The van der Waals surface area contributed by atoms with Crippen molar-refractivity contribution in [3.8, 4) is 5.75 Å². The fourth-order valence-electron chi connectivity index (χ4n) is 4.62. The minimum Gasteiger partial charge on any atom is -0.495 e. The van der Waals surface area contributed by atoms with Crippen molar-refractivity contribution in [3.63, 3.8) is 0 Å². The summed E-state index contributed by atoms with van der Waals surface area (Å²) in [5.74, 6) is 1.02. The first-order valence-corrected chi connectivity index (χ1v) is 12.4. The zero-order valence-corrected chi connectivity index (χ0v) is 21.0. The molecule has 1 aliphatic heterocycles. The molecule has 9 nitrogen and oxygen atoms in total. The summed E-state index contributed by atoms with van der Waals surface area (Å²) < 4.78 is 7.00. The Labute approximate surface area is 215 Å². The number of urea groups is 1. The van der Waals surface area contributed by atoms with Crippen LogP contribution in [-0.2, 0) is 6.54 Å².